The minimum absolute atomic E-state index is 0.144. The molecule has 6 heteroatoms. The lowest BCUT2D eigenvalue weighted by Crippen LogP contribution is -2.22. The van der Waals surface area contributed by atoms with E-state index in [0.29, 0.717) is 23.6 Å². The Morgan fingerprint density at radius 1 is 1.13 bits per heavy atom. The van der Waals surface area contributed by atoms with Crippen LogP contribution in [0.2, 0.25) is 0 Å². The van der Waals surface area contributed by atoms with E-state index in [9.17, 15) is 4.79 Å². The number of nitrogens with one attached hydrogen (secondary N) is 2. The van der Waals surface area contributed by atoms with E-state index in [-0.39, 0.29) is 5.91 Å². The molecule has 0 aliphatic rings. The summed E-state index contributed by atoms with van der Waals surface area (Å²) in [6.45, 7) is 0.385. The average Bonchev–Trinajstić information content (AvgIpc) is 3.06. The summed E-state index contributed by atoms with van der Waals surface area (Å²) in [5.74, 6) is 1.23. The Labute approximate surface area is 133 Å². The van der Waals surface area contributed by atoms with E-state index in [1.807, 2.05) is 18.2 Å². The van der Waals surface area contributed by atoms with E-state index < -0.39 is 0 Å². The van der Waals surface area contributed by atoms with Gasteiger partial charge in [-0.25, -0.2) is 0 Å². The van der Waals surface area contributed by atoms with Gasteiger partial charge in [-0.1, -0.05) is 0 Å². The summed E-state index contributed by atoms with van der Waals surface area (Å²) in [4.78, 5) is 12.3. The van der Waals surface area contributed by atoms with Gasteiger partial charge in [-0.15, -0.1) is 0 Å². The zero-order valence-corrected chi connectivity index (χ0v) is 12.9. The highest BCUT2D eigenvalue weighted by atomic mass is 16.5. The second kappa shape index (κ2) is 6.39. The number of ether oxygens (including phenoxy) is 2. The number of carbonyl (C=O) groups excluding carboxylic acids is 1. The van der Waals surface area contributed by atoms with Crippen LogP contribution in [0.4, 0.5) is 0 Å². The maximum Gasteiger partial charge on any atom is 0.251 e. The van der Waals surface area contributed by atoms with Gasteiger partial charge in [0.1, 0.15) is 11.5 Å². The lowest BCUT2D eigenvalue weighted by atomic mass is 10.1. The van der Waals surface area contributed by atoms with Crippen molar-refractivity contribution >= 4 is 16.8 Å². The standard InChI is InChI=1S/C17H17N3O3/c1-22-14-5-11(6-15(8-14)23-2)9-18-17(21)12-3-4-16-13(7-12)10-19-20-16/h3-8,10H,9H2,1-2H3,(H,18,21)(H,19,20). The molecule has 0 saturated heterocycles. The molecule has 0 aliphatic carbocycles. The van der Waals surface area contributed by atoms with Crippen molar-refractivity contribution in [1.29, 1.82) is 0 Å². The first kappa shape index (κ1) is 14.9. The molecule has 0 atom stereocenters. The molecule has 0 radical (unpaired) electrons. The van der Waals surface area contributed by atoms with Gasteiger partial charge < -0.3 is 14.8 Å². The van der Waals surface area contributed by atoms with E-state index in [2.05, 4.69) is 15.5 Å². The smallest absolute Gasteiger partial charge is 0.251 e. The Bertz CT molecular complexity index is 820. The number of benzene rings is 2. The van der Waals surface area contributed by atoms with Crippen LogP contribution in [0.1, 0.15) is 15.9 Å². The van der Waals surface area contributed by atoms with Gasteiger partial charge in [-0.3, -0.25) is 9.89 Å². The summed E-state index contributed by atoms with van der Waals surface area (Å²) < 4.78 is 10.4. The van der Waals surface area contributed by atoms with Crippen molar-refractivity contribution in [3.05, 3.63) is 53.7 Å². The van der Waals surface area contributed by atoms with Crippen molar-refractivity contribution in [2.75, 3.05) is 14.2 Å². The third kappa shape index (κ3) is 3.26. The number of H-pyrrole nitrogens is 1. The van der Waals surface area contributed by atoms with Crippen LogP contribution in [0.5, 0.6) is 11.5 Å². The number of nitrogens with zero attached hydrogens (tertiary/aromatic N) is 1. The molecular weight excluding hydrogens is 294 g/mol. The van der Waals surface area contributed by atoms with Gasteiger partial charge in [-0.05, 0) is 35.9 Å². The van der Waals surface area contributed by atoms with Crippen molar-refractivity contribution in [3.8, 4) is 11.5 Å². The van der Waals surface area contributed by atoms with Crippen molar-refractivity contribution < 1.29 is 14.3 Å². The van der Waals surface area contributed by atoms with Gasteiger partial charge >= 0.3 is 0 Å². The van der Waals surface area contributed by atoms with E-state index in [4.69, 9.17) is 9.47 Å². The topological polar surface area (TPSA) is 76.2 Å². The molecule has 3 rings (SSSR count). The first-order valence-electron chi connectivity index (χ1n) is 7.13. The Kier molecular flexibility index (Phi) is 4.14. The van der Waals surface area contributed by atoms with E-state index in [0.717, 1.165) is 16.5 Å². The first-order chi connectivity index (χ1) is 11.2. The van der Waals surface area contributed by atoms with Crippen molar-refractivity contribution in [3.63, 3.8) is 0 Å². The first-order valence-corrected chi connectivity index (χ1v) is 7.13. The van der Waals surface area contributed by atoms with Gasteiger partial charge in [0.25, 0.3) is 5.91 Å². The van der Waals surface area contributed by atoms with Crippen LogP contribution in [-0.2, 0) is 6.54 Å². The molecule has 3 aromatic rings. The van der Waals surface area contributed by atoms with E-state index >= 15 is 0 Å². The predicted octanol–water partition coefficient (Wildman–Crippen LogP) is 2.51. The zero-order valence-electron chi connectivity index (χ0n) is 12.9. The minimum Gasteiger partial charge on any atom is -0.497 e. The number of rotatable bonds is 5. The molecule has 118 valence electrons. The van der Waals surface area contributed by atoms with Crippen LogP contribution in [0.15, 0.2) is 42.6 Å². The van der Waals surface area contributed by atoms with Crippen LogP contribution in [0.3, 0.4) is 0 Å². The molecule has 0 saturated carbocycles. The highest BCUT2D eigenvalue weighted by Crippen LogP contribution is 2.22. The Morgan fingerprint density at radius 3 is 2.57 bits per heavy atom. The molecule has 2 N–H and O–H groups in total. The van der Waals surface area contributed by atoms with Gasteiger partial charge in [0.05, 0.1) is 25.9 Å². The highest BCUT2D eigenvalue weighted by molar-refractivity contribution is 5.97. The quantitative estimate of drug-likeness (QED) is 0.759. The number of carbonyl (C=O) groups is 1. The highest BCUT2D eigenvalue weighted by Gasteiger charge is 2.08. The van der Waals surface area contributed by atoms with Crippen LogP contribution in [0.25, 0.3) is 10.9 Å². The lowest BCUT2D eigenvalue weighted by Gasteiger charge is -2.10. The maximum absolute atomic E-state index is 12.3. The fourth-order valence-corrected chi connectivity index (χ4v) is 2.34. The SMILES string of the molecule is COc1cc(CNC(=O)c2ccc3[nH]ncc3c2)cc(OC)c1. The van der Waals surface area contributed by atoms with E-state index in [1.165, 1.54) is 0 Å². The maximum atomic E-state index is 12.3. The Hall–Kier alpha value is -3.02. The predicted molar refractivity (Wildman–Crippen MR) is 86.8 cm³/mol. The number of amides is 1. The monoisotopic (exact) mass is 311 g/mol. The van der Waals surface area contributed by atoms with Crippen molar-refractivity contribution in [2.45, 2.75) is 6.54 Å². The van der Waals surface area contributed by atoms with Gasteiger partial charge in [0.2, 0.25) is 0 Å². The number of methoxy groups -OCH3 is 2. The molecule has 0 spiro atoms. The Balaban J connectivity index is 1.73. The van der Waals surface area contributed by atoms with Crippen LogP contribution < -0.4 is 14.8 Å². The summed E-state index contributed by atoms with van der Waals surface area (Å²) in [6.07, 6.45) is 1.69. The largest absolute Gasteiger partial charge is 0.497 e. The molecule has 6 nitrogen and oxygen atoms in total. The molecule has 0 aliphatic heterocycles. The number of hydrogen-bond donors (Lipinski definition) is 2. The molecule has 1 aromatic heterocycles. The molecular formula is C17H17N3O3. The summed E-state index contributed by atoms with van der Waals surface area (Å²) >= 11 is 0. The fraction of sp³-hybridized carbons (Fsp3) is 0.176. The van der Waals surface area contributed by atoms with Crippen LogP contribution >= 0.6 is 0 Å². The molecule has 23 heavy (non-hydrogen) atoms. The average molecular weight is 311 g/mol. The van der Waals surface area contributed by atoms with Crippen LogP contribution in [0, 0.1) is 0 Å². The summed E-state index contributed by atoms with van der Waals surface area (Å²) in [5.41, 5.74) is 2.40. The second-order valence-corrected chi connectivity index (χ2v) is 5.08. The molecule has 2 aromatic carbocycles. The molecule has 0 fully saturated rings. The third-order valence-electron chi connectivity index (χ3n) is 3.57. The number of aromatic nitrogens is 2. The number of aromatic amines is 1. The fourth-order valence-electron chi connectivity index (χ4n) is 2.34. The summed E-state index contributed by atoms with van der Waals surface area (Å²) in [6, 6.07) is 10.9. The lowest BCUT2D eigenvalue weighted by molar-refractivity contribution is 0.0951. The van der Waals surface area contributed by atoms with E-state index in [1.54, 1.807) is 38.6 Å². The molecule has 1 heterocycles. The minimum atomic E-state index is -0.144. The number of hydrogen-bond acceptors (Lipinski definition) is 4. The number of fused-ring (bicyclic) bond motifs is 1. The second-order valence-electron chi connectivity index (χ2n) is 5.08. The zero-order chi connectivity index (χ0) is 16.2. The van der Waals surface area contributed by atoms with Gasteiger partial charge in [0.15, 0.2) is 0 Å². The van der Waals surface area contributed by atoms with Gasteiger partial charge in [-0.2, -0.15) is 5.10 Å². The molecule has 0 unspecified atom stereocenters. The third-order valence-corrected chi connectivity index (χ3v) is 3.57. The van der Waals surface area contributed by atoms with Crippen molar-refractivity contribution in [1.82, 2.24) is 15.5 Å². The Morgan fingerprint density at radius 2 is 1.87 bits per heavy atom. The van der Waals surface area contributed by atoms with Crippen LogP contribution in [-0.4, -0.2) is 30.3 Å². The normalized spacial score (nSPS) is 10.5. The summed E-state index contributed by atoms with van der Waals surface area (Å²) in [7, 11) is 3.19. The van der Waals surface area contributed by atoms with Gasteiger partial charge in [0, 0.05) is 23.6 Å². The summed E-state index contributed by atoms with van der Waals surface area (Å²) in [5, 5.41) is 10.6. The molecule has 0 bridgehead atoms. The van der Waals surface area contributed by atoms with Crippen molar-refractivity contribution in [2.24, 2.45) is 0 Å². The molecule has 1 amide bonds.